The number of carbonyl (C=O) groups is 1. The number of nitrogens with one attached hydrogen (secondary N) is 1. The van der Waals surface area contributed by atoms with Gasteiger partial charge in [0.05, 0.1) is 33.8 Å². The van der Waals surface area contributed by atoms with Crippen molar-refractivity contribution in [3.05, 3.63) is 98.5 Å². The average molecular weight is 468 g/mol. The molecule has 0 radical (unpaired) electrons. The molecule has 6 nitrogen and oxygen atoms in total. The number of rotatable bonds is 6. The van der Waals surface area contributed by atoms with E-state index in [1.807, 2.05) is 19.1 Å². The van der Waals surface area contributed by atoms with Crippen LogP contribution in [0.2, 0.25) is 10.0 Å². The van der Waals surface area contributed by atoms with Crippen molar-refractivity contribution in [1.29, 1.82) is 0 Å². The van der Waals surface area contributed by atoms with Crippen molar-refractivity contribution in [1.82, 2.24) is 9.55 Å². The summed E-state index contributed by atoms with van der Waals surface area (Å²) in [4.78, 5) is 29.6. The highest BCUT2D eigenvalue weighted by atomic mass is 35.5. The standard InChI is InChI=1S/C24H19Cl2N3O3/c1-15-2-6-18(7-3-15)32-13-23(30)28-17-5-9-22-19(11-17)24(31)29(14-27-22)12-16-4-8-20(25)21(26)10-16/h2-11,14H,12-13H2,1H3,(H,28,30). The quantitative estimate of drug-likeness (QED) is 0.429. The molecular weight excluding hydrogens is 449 g/mol. The summed E-state index contributed by atoms with van der Waals surface area (Å²) in [5.74, 6) is 0.281. The third-order valence-corrected chi connectivity index (χ3v) is 5.57. The molecule has 4 aromatic rings. The molecule has 162 valence electrons. The molecule has 0 fully saturated rings. The predicted octanol–water partition coefficient (Wildman–Crippen LogP) is 5.08. The third-order valence-electron chi connectivity index (χ3n) is 4.84. The van der Waals surface area contributed by atoms with Gasteiger partial charge in [-0.05, 0) is 55.0 Å². The van der Waals surface area contributed by atoms with Crippen molar-refractivity contribution in [2.45, 2.75) is 13.5 Å². The number of fused-ring (bicyclic) bond motifs is 1. The molecule has 0 aliphatic heterocycles. The van der Waals surface area contributed by atoms with Gasteiger partial charge in [-0.3, -0.25) is 14.2 Å². The Labute approximate surface area is 194 Å². The van der Waals surface area contributed by atoms with Gasteiger partial charge in [-0.1, -0.05) is 47.0 Å². The van der Waals surface area contributed by atoms with Crippen LogP contribution in [0.15, 0.2) is 71.8 Å². The van der Waals surface area contributed by atoms with Crippen LogP contribution in [0.4, 0.5) is 5.69 Å². The highest BCUT2D eigenvalue weighted by molar-refractivity contribution is 6.42. The van der Waals surface area contributed by atoms with Crippen LogP contribution in [0.3, 0.4) is 0 Å². The first-order valence-electron chi connectivity index (χ1n) is 9.81. The molecule has 0 aliphatic rings. The first-order chi connectivity index (χ1) is 15.4. The van der Waals surface area contributed by atoms with Gasteiger partial charge in [0.25, 0.3) is 11.5 Å². The van der Waals surface area contributed by atoms with E-state index in [0.29, 0.717) is 38.9 Å². The van der Waals surface area contributed by atoms with Crippen LogP contribution in [0.25, 0.3) is 10.9 Å². The molecule has 4 rings (SSSR count). The second kappa shape index (κ2) is 9.42. The first kappa shape index (κ1) is 21.9. The third kappa shape index (κ3) is 5.10. The normalized spacial score (nSPS) is 10.8. The van der Waals surface area contributed by atoms with Crippen molar-refractivity contribution >= 4 is 45.7 Å². The van der Waals surface area contributed by atoms with Crippen LogP contribution in [0.1, 0.15) is 11.1 Å². The Morgan fingerprint density at radius 2 is 1.81 bits per heavy atom. The summed E-state index contributed by atoms with van der Waals surface area (Å²) >= 11 is 12.0. The van der Waals surface area contributed by atoms with Gasteiger partial charge in [-0.15, -0.1) is 0 Å². The van der Waals surface area contributed by atoms with Crippen LogP contribution in [-0.4, -0.2) is 22.1 Å². The lowest BCUT2D eigenvalue weighted by Gasteiger charge is -2.10. The largest absolute Gasteiger partial charge is 0.484 e. The molecule has 1 amide bonds. The Balaban J connectivity index is 1.50. The lowest BCUT2D eigenvalue weighted by atomic mass is 10.2. The minimum Gasteiger partial charge on any atom is -0.484 e. The smallest absolute Gasteiger partial charge is 0.262 e. The minimum absolute atomic E-state index is 0.143. The van der Waals surface area contributed by atoms with Gasteiger partial charge >= 0.3 is 0 Å². The van der Waals surface area contributed by atoms with Crippen molar-refractivity contribution in [3.63, 3.8) is 0 Å². The molecule has 0 atom stereocenters. The lowest BCUT2D eigenvalue weighted by molar-refractivity contribution is -0.118. The van der Waals surface area contributed by atoms with Gasteiger partial charge in [-0.25, -0.2) is 4.98 Å². The average Bonchev–Trinajstić information content (AvgIpc) is 2.78. The molecule has 0 aliphatic carbocycles. The van der Waals surface area contributed by atoms with Gasteiger partial charge in [0, 0.05) is 5.69 Å². The molecule has 0 saturated carbocycles. The first-order valence-corrected chi connectivity index (χ1v) is 10.6. The highest BCUT2D eigenvalue weighted by Gasteiger charge is 2.09. The SMILES string of the molecule is Cc1ccc(OCC(=O)Nc2ccc3ncn(Cc4ccc(Cl)c(Cl)c4)c(=O)c3c2)cc1. The van der Waals surface area contributed by atoms with E-state index < -0.39 is 0 Å². The maximum atomic E-state index is 13.0. The van der Waals surface area contributed by atoms with Crippen molar-refractivity contribution in [3.8, 4) is 5.75 Å². The molecule has 1 aromatic heterocycles. The zero-order valence-corrected chi connectivity index (χ0v) is 18.7. The van der Waals surface area contributed by atoms with Crippen molar-refractivity contribution in [2.75, 3.05) is 11.9 Å². The van der Waals surface area contributed by atoms with Crippen LogP contribution >= 0.6 is 23.2 Å². The summed E-state index contributed by atoms with van der Waals surface area (Å²) in [6, 6.07) is 17.6. The Bertz CT molecular complexity index is 1350. The van der Waals surface area contributed by atoms with Gasteiger partial charge in [0.1, 0.15) is 5.75 Å². The van der Waals surface area contributed by atoms with E-state index >= 15 is 0 Å². The fourth-order valence-corrected chi connectivity index (χ4v) is 3.49. The molecule has 3 aromatic carbocycles. The zero-order valence-electron chi connectivity index (χ0n) is 17.1. The second-order valence-corrected chi connectivity index (χ2v) is 8.12. The van der Waals surface area contributed by atoms with E-state index in [2.05, 4.69) is 10.3 Å². The number of anilines is 1. The number of hydrogen-bond donors (Lipinski definition) is 1. The van der Waals surface area contributed by atoms with E-state index in [1.165, 1.54) is 10.9 Å². The monoisotopic (exact) mass is 467 g/mol. The Hall–Kier alpha value is -3.35. The number of nitrogens with zero attached hydrogens (tertiary/aromatic N) is 2. The molecule has 8 heteroatoms. The highest BCUT2D eigenvalue weighted by Crippen LogP contribution is 2.23. The number of halogens is 2. The lowest BCUT2D eigenvalue weighted by Crippen LogP contribution is -2.22. The summed E-state index contributed by atoms with van der Waals surface area (Å²) < 4.78 is 6.98. The maximum Gasteiger partial charge on any atom is 0.262 e. The zero-order chi connectivity index (χ0) is 22.7. The summed E-state index contributed by atoms with van der Waals surface area (Å²) in [6.45, 7) is 2.12. The van der Waals surface area contributed by atoms with Crippen LogP contribution in [-0.2, 0) is 11.3 Å². The van der Waals surface area contributed by atoms with Crippen molar-refractivity contribution in [2.24, 2.45) is 0 Å². The number of ether oxygens (including phenoxy) is 1. The summed E-state index contributed by atoms with van der Waals surface area (Å²) in [7, 11) is 0. The molecule has 1 heterocycles. The molecule has 0 saturated heterocycles. The topological polar surface area (TPSA) is 73.2 Å². The summed E-state index contributed by atoms with van der Waals surface area (Å²) in [5, 5.41) is 4.02. The Morgan fingerprint density at radius 3 is 2.56 bits per heavy atom. The van der Waals surface area contributed by atoms with E-state index in [-0.39, 0.29) is 18.1 Å². The maximum absolute atomic E-state index is 13.0. The number of benzene rings is 3. The summed E-state index contributed by atoms with van der Waals surface area (Å²) in [5.41, 5.74) is 2.72. The van der Waals surface area contributed by atoms with E-state index in [0.717, 1.165) is 11.1 Å². The van der Waals surface area contributed by atoms with Gasteiger partial charge in [0.2, 0.25) is 0 Å². The number of hydrogen-bond acceptors (Lipinski definition) is 4. The second-order valence-electron chi connectivity index (χ2n) is 7.31. The van der Waals surface area contributed by atoms with Gasteiger partial charge in [-0.2, -0.15) is 0 Å². The predicted molar refractivity (Wildman–Crippen MR) is 127 cm³/mol. The van der Waals surface area contributed by atoms with Gasteiger partial charge in [0.15, 0.2) is 6.61 Å². The van der Waals surface area contributed by atoms with E-state index in [1.54, 1.807) is 48.5 Å². The summed E-state index contributed by atoms with van der Waals surface area (Å²) in [6.07, 6.45) is 1.49. The van der Waals surface area contributed by atoms with E-state index in [4.69, 9.17) is 27.9 Å². The van der Waals surface area contributed by atoms with Gasteiger partial charge < -0.3 is 10.1 Å². The number of aromatic nitrogens is 2. The molecule has 1 N–H and O–H groups in total. The fourth-order valence-electron chi connectivity index (χ4n) is 3.16. The minimum atomic E-state index is -0.329. The Morgan fingerprint density at radius 1 is 1.03 bits per heavy atom. The van der Waals surface area contributed by atoms with Crippen LogP contribution < -0.4 is 15.6 Å². The number of amides is 1. The van der Waals surface area contributed by atoms with Crippen LogP contribution in [0, 0.1) is 6.92 Å². The molecule has 32 heavy (non-hydrogen) atoms. The van der Waals surface area contributed by atoms with Crippen molar-refractivity contribution < 1.29 is 9.53 Å². The van der Waals surface area contributed by atoms with Crippen LogP contribution in [0.5, 0.6) is 5.75 Å². The number of carbonyl (C=O) groups excluding carboxylic acids is 1. The Kier molecular flexibility index (Phi) is 6.44. The molecule has 0 unspecified atom stereocenters. The number of aryl methyl sites for hydroxylation is 1. The molecular formula is C24H19Cl2N3O3. The molecule has 0 spiro atoms. The molecule has 0 bridgehead atoms. The van der Waals surface area contributed by atoms with E-state index in [9.17, 15) is 9.59 Å². The fraction of sp³-hybridized carbons (Fsp3) is 0.125.